The van der Waals surface area contributed by atoms with Crippen LogP contribution in [0.4, 0.5) is 5.69 Å². The second-order valence-electron chi connectivity index (χ2n) is 7.95. The standard InChI is InChI=1S/C25H29N3O2/c1-18(30)25-26-15-16-28(25)24(17-29)14-7-19-5-8-20(9-6-19)21-10-12-23(13-11-21)27-22-3-2-4-22/h5-16,18,22,24,27,29-30H,2-4,17H2,1H3/b14-7+/t18-,24-/m0/s1. The van der Waals surface area contributed by atoms with Gasteiger partial charge in [-0.25, -0.2) is 4.98 Å². The van der Waals surface area contributed by atoms with Gasteiger partial charge in [-0.1, -0.05) is 48.6 Å². The molecule has 0 bridgehead atoms. The molecule has 4 rings (SSSR count). The third-order valence-electron chi connectivity index (χ3n) is 5.73. The SMILES string of the molecule is C[C@H](O)c1nccn1[C@@H](/C=C/c1ccc(-c2ccc(NC3CCC3)cc2)cc1)CO. The molecule has 1 aliphatic rings. The van der Waals surface area contributed by atoms with Crippen LogP contribution in [0.15, 0.2) is 67.0 Å². The van der Waals surface area contributed by atoms with Crippen molar-refractivity contribution in [2.45, 2.75) is 44.4 Å². The maximum Gasteiger partial charge on any atom is 0.137 e. The molecule has 30 heavy (non-hydrogen) atoms. The summed E-state index contributed by atoms with van der Waals surface area (Å²) in [5.41, 5.74) is 4.61. The largest absolute Gasteiger partial charge is 0.394 e. The number of anilines is 1. The van der Waals surface area contributed by atoms with E-state index in [1.54, 1.807) is 23.9 Å². The minimum absolute atomic E-state index is 0.0636. The van der Waals surface area contributed by atoms with Crippen LogP contribution in [0.5, 0.6) is 0 Å². The molecule has 2 atom stereocenters. The summed E-state index contributed by atoms with van der Waals surface area (Å²) in [6.45, 7) is 1.61. The van der Waals surface area contributed by atoms with Crippen LogP contribution in [-0.2, 0) is 0 Å². The summed E-state index contributed by atoms with van der Waals surface area (Å²) in [7, 11) is 0. The van der Waals surface area contributed by atoms with Gasteiger partial charge in [0.1, 0.15) is 11.9 Å². The molecule has 1 aliphatic carbocycles. The van der Waals surface area contributed by atoms with Crippen molar-refractivity contribution in [1.82, 2.24) is 9.55 Å². The molecule has 156 valence electrons. The Kier molecular flexibility index (Phi) is 6.31. The zero-order chi connectivity index (χ0) is 20.9. The van der Waals surface area contributed by atoms with E-state index in [1.165, 1.54) is 36.1 Å². The summed E-state index contributed by atoms with van der Waals surface area (Å²) in [5.74, 6) is 0.546. The van der Waals surface area contributed by atoms with E-state index in [2.05, 4.69) is 58.8 Å². The van der Waals surface area contributed by atoms with Crippen molar-refractivity contribution in [3.63, 3.8) is 0 Å². The number of benzene rings is 2. The predicted octanol–water partition coefficient (Wildman–Crippen LogP) is 4.81. The van der Waals surface area contributed by atoms with E-state index in [0.29, 0.717) is 11.9 Å². The first-order valence-corrected chi connectivity index (χ1v) is 10.6. The van der Waals surface area contributed by atoms with Crippen molar-refractivity contribution in [1.29, 1.82) is 0 Å². The van der Waals surface area contributed by atoms with Crippen LogP contribution in [-0.4, -0.2) is 32.4 Å². The lowest BCUT2D eigenvalue weighted by molar-refractivity contribution is 0.175. The Bertz CT molecular complexity index is 970. The number of rotatable bonds is 8. The highest BCUT2D eigenvalue weighted by molar-refractivity contribution is 5.68. The molecule has 3 aromatic rings. The molecule has 0 aliphatic heterocycles. The van der Waals surface area contributed by atoms with Gasteiger partial charge in [-0.2, -0.15) is 0 Å². The van der Waals surface area contributed by atoms with Gasteiger partial charge in [0.2, 0.25) is 0 Å². The number of imidazole rings is 1. The van der Waals surface area contributed by atoms with Gasteiger partial charge in [-0.05, 0) is 55.0 Å². The number of hydrogen-bond donors (Lipinski definition) is 3. The maximum atomic E-state index is 9.84. The molecule has 0 unspecified atom stereocenters. The van der Waals surface area contributed by atoms with Crippen molar-refractivity contribution >= 4 is 11.8 Å². The van der Waals surface area contributed by atoms with Crippen LogP contribution in [0.1, 0.15) is 49.7 Å². The zero-order valence-electron chi connectivity index (χ0n) is 17.3. The van der Waals surface area contributed by atoms with E-state index >= 15 is 0 Å². The molecule has 0 amide bonds. The summed E-state index contributed by atoms with van der Waals surface area (Å²) in [6.07, 6.45) is 10.5. The van der Waals surface area contributed by atoms with Crippen LogP contribution < -0.4 is 5.32 Å². The molecule has 0 saturated heterocycles. The third-order valence-corrected chi connectivity index (χ3v) is 5.73. The van der Waals surface area contributed by atoms with Crippen LogP contribution in [0, 0.1) is 0 Å². The fourth-order valence-electron chi connectivity index (χ4n) is 3.73. The number of hydrogen-bond acceptors (Lipinski definition) is 4. The Morgan fingerprint density at radius 3 is 2.33 bits per heavy atom. The minimum atomic E-state index is -0.683. The van der Waals surface area contributed by atoms with E-state index in [9.17, 15) is 10.2 Å². The van der Waals surface area contributed by atoms with Crippen molar-refractivity contribution in [2.75, 3.05) is 11.9 Å². The maximum absolute atomic E-state index is 9.84. The van der Waals surface area contributed by atoms with Gasteiger partial charge < -0.3 is 20.1 Å². The molecule has 3 N–H and O–H groups in total. The average molecular weight is 404 g/mol. The first-order valence-electron chi connectivity index (χ1n) is 10.6. The van der Waals surface area contributed by atoms with Crippen LogP contribution in [0.3, 0.4) is 0 Å². The first kappa shape index (κ1) is 20.4. The average Bonchev–Trinajstić information content (AvgIpc) is 3.22. The lowest BCUT2D eigenvalue weighted by Gasteiger charge is -2.27. The predicted molar refractivity (Wildman–Crippen MR) is 121 cm³/mol. The van der Waals surface area contributed by atoms with Gasteiger partial charge >= 0.3 is 0 Å². The Morgan fingerprint density at radius 1 is 1.10 bits per heavy atom. The summed E-state index contributed by atoms with van der Waals surface area (Å²) in [6, 6.07) is 17.4. The Labute approximate surface area is 177 Å². The van der Waals surface area contributed by atoms with Crippen molar-refractivity contribution in [3.05, 3.63) is 78.4 Å². The van der Waals surface area contributed by atoms with Crippen LogP contribution in [0.2, 0.25) is 0 Å². The molecule has 1 heterocycles. The summed E-state index contributed by atoms with van der Waals surface area (Å²) in [4.78, 5) is 4.18. The highest BCUT2D eigenvalue weighted by atomic mass is 16.3. The molecule has 1 saturated carbocycles. The van der Waals surface area contributed by atoms with Crippen molar-refractivity contribution < 1.29 is 10.2 Å². The lowest BCUT2D eigenvalue weighted by atomic mass is 9.93. The monoisotopic (exact) mass is 403 g/mol. The highest BCUT2D eigenvalue weighted by Gasteiger charge is 2.16. The molecule has 5 nitrogen and oxygen atoms in total. The lowest BCUT2D eigenvalue weighted by Crippen LogP contribution is -2.26. The zero-order valence-corrected chi connectivity index (χ0v) is 17.3. The number of nitrogens with zero attached hydrogens (tertiary/aromatic N) is 2. The molecular formula is C25H29N3O2. The van der Waals surface area contributed by atoms with Crippen molar-refractivity contribution in [2.24, 2.45) is 0 Å². The van der Waals surface area contributed by atoms with Gasteiger partial charge in [0, 0.05) is 24.1 Å². The number of aliphatic hydroxyl groups is 2. The smallest absolute Gasteiger partial charge is 0.137 e. The van der Waals surface area contributed by atoms with Gasteiger partial charge in [-0.3, -0.25) is 0 Å². The molecule has 5 heteroatoms. The van der Waals surface area contributed by atoms with Gasteiger partial charge in [-0.15, -0.1) is 0 Å². The van der Waals surface area contributed by atoms with Crippen LogP contribution >= 0.6 is 0 Å². The topological polar surface area (TPSA) is 70.3 Å². The second kappa shape index (κ2) is 9.28. The van der Waals surface area contributed by atoms with Gasteiger partial charge in [0.15, 0.2) is 0 Å². The van der Waals surface area contributed by atoms with E-state index in [-0.39, 0.29) is 12.6 Å². The number of aliphatic hydroxyl groups excluding tert-OH is 2. The van der Waals surface area contributed by atoms with Gasteiger partial charge in [0.25, 0.3) is 0 Å². The highest BCUT2D eigenvalue weighted by Crippen LogP contribution is 2.26. The Morgan fingerprint density at radius 2 is 1.77 bits per heavy atom. The molecule has 2 aromatic carbocycles. The Hall–Kier alpha value is -2.89. The fourth-order valence-corrected chi connectivity index (χ4v) is 3.73. The van der Waals surface area contributed by atoms with E-state index in [0.717, 1.165) is 5.56 Å². The number of nitrogens with one attached hydrogen (secondary N) is 1. The molecule has 1 aromatic heterocycles. The minimum Gasteiger partial charge on any atom is -0.394 e. The normalized spacial score (nSPS) is 16.4. The molecular weight excluding hydrogens is 374 g/mol. The Balaban J connectivity index is 1.43. The van der Waals surface area contributed by atoms with E-state index < -0.39 is 6.10 Å². The first-order chi connectivity index (χ1) is 14.6. The second-order valence-corrected chi connectivity index (χ2v) is 7.95. The number of aromatic nitrogens is 2. The van der Waals surface area contributed by atoms with Gasteiger partial charge in [0.05, 0.1) is 12.6 Å². The van der Waals surface area contributed by atoms with E-state index in [4.69, 9.17) is 0 Å². The third kappa shape index (κ3) is 4.64. The quantitative estimate of drug-likeness (QED) is 0.505. The van der Waals surface area contributed by atoms with Crippen molar-refractivity contribution in [3.8, 4) is 11.1 Å². The fraction of sp³-hybridized carbons (Fsp3) is 0.320. The summed E-state index contributed by atoms with van der Waals surface area (Å²) >= 11 is 0. The summed E-state index contributed by atoms with van der Waals surface area (Å²) in [5, 5.41) is 23.2. The van der Waals surface area contributed by atoms with Crippen LogP contribution in [0.25, 0.3) is 17.2 Å². The van der Waals surface area contributed by atoms with E-state index in [1.807, 2.05) is 12.2 Å². The summed E-state index contributed by atoms with van der Waals surface area (Å²) < 4.78 is 1.80. The molecule has 0 radical (unpaired) electrons. The molecule has 1 fully saturated rings. The molecule has 0 spiro atoms.